The van der Waals surface area contributed by atoms with Gasteiger partial charge in [-0.2, -0.15) is 0 Å². The van der Waals surface area contributed by atoms with E-state index in [2.05, 4.69) is 22.1 Å². The molecule has 152 valence electrons. The summed E-state index contributed by atoms with van der Waals surface area (Å²) in [5.41, 5.74) is 4.17. The van der Waals surface area contributed by atoms with Gasteiger partial charge < -0.3 is 9.88 Å². The van der Waals surface area contributed by atoms with E-state index < -0.39 is 0 Å². The number of aromatic nitrogens is 4. The van der Waals surface area contributed by atoms with Crippen molar-refractivity contribution in [1.82, 2.24) is 24.5 Å². The van der Waals surface area contributed by atoms with Crippen LogP contribution in [0.5, 0.6) is 0 Å². The second-order valence-electron chi connectivity index (χ2n) is 7.60. The number of halogens is 1. The molecule has 1 aliphatic heterocycles. The number of amides is 1. The van der Waals surface area contributed by atoms with Crippen LogP contribution in [0.2, 0.25) is 5.02 Å². The summed E-state index contributed by atoms with van der Waals surface area (Å²) >= 11 is 6.12. The van der Waals surface area contributed by atoms with Crippen LogP contribution in [-0.4, -0.2) is 36.9 Å². The average molecular weight is 422 g/mol. The number of carbonyl (C=O) groups is 1. The standard InChI is InChI=1S/C22H20ClN5O2/c1-2-3-19-25-26-20-21(29)24-17-11-14(5-7-18(17)28(19)20)22(30)27-9-8-13-4-6-16(23)10-15(13)12-27/h4-7,10-11H,2-3,8-9,12H2,1H3,(H,24,29). The smallest absolute Gasteiger partial charge is 0.294 e. The minimum absolute atomic E-state index is 0.0685. The Bertz CT molecular complexity index is 1360. The molecule has 3 heterocycles. The molecule has 0 spiro atoms. The maximum atomic E-state index is 13.2. The second kappa shape index (κ2) is 7.25. The molecule has 0 bridgehead atoms. The van der Waals surface area contributed by atoms with Crippen molar-refractivity contribution in [2.45, 2.75) is 32.7 Å². The summed E-state index contributed by atoms with van der Waals surface area (Å²) in [6.07, 6.45) is 2.41. The maximum Gasteiger partial charge on any atom is 0.294 e. The molecule has 0 saturated carbocycles. The van der Waals surface area contributed by atoms with E-state index in [1.807, 2.05) is 29.2 Å². The quantitative estimate of drug-likeness (QED) is 0.549. The Hall–Kier alpha value is -3.19. The molecule has 0 saturated heterocycles. The molecule has 5 rings (SSSR count). The van der Waals surface area contributed by atoms with Gasteiger partial charge in [0.15, 0.2) is 0 Å². The summed E-state index contributed by atoms with van der Waals surface area (Å²) in [5.74, 6) is 0.674. The normalized spacial score (nSPS) is 13.7. The molecule has 0 radical (unpaired) electrons. The molecule has 2 aromatic heterocycles. The molecular weight excluding hydrogens is 402 g/mol. The number of nitrogens with zero attached hydrogens (tertiary/aromatic N) is 4. The summed E-state index contributed by atoms with van der Waals surface area (Å²) < 4.78 is 1.78. The highest BCUT2D eigenvalue weighted by Gasteiger charge is 2.23. The summed E-state index contributed by atoms with van der Waals surface area (Å²) in [6, 6.07) is 11.2. The van der Waals surface area contributed by atoms with Gasteiger partial charge in [-0.05, 0) is 54.3 Å². The van der Waals surface area contributed by atoms with Crippen molar-refractivity contribution < 1.29 is 4.79 Å². The first-order chi connectivity index (χ1) is 14.5. The largest absolute Gasteiger partial charge is 0.334 e. The Balaban J connectivity index is 1.53. The van der Waals surface area contributed by atoms with Crippen molar-refractivity contribution in [3.05, 3.63) is 74.3 Å². The van der Waals surface area contributed by atoms with E-state index in [9.17, 15) is 9.59 Å². The lowest BCUT2D eigenvalue weighted by Crippen LogP contribution is -2.36. The highest BCUT2D eigenvalue weighted by atomic mass is 35.5. The number of benzene rings is 2. The molecule has 0 aliphatic carbocycles. The molecule has 7 nitrogen and oxygen atoms in total. The predicted octanol–water partition coefficient (Wildman–Crippen LogP) is 3.38. The fourth-order valence-corrected chi connectivity index (χ4v) is 4.32. The number of nitrogens with one attached hydrogen (secondary N) is 1. The number of aryl methyl sites for hydroxylation is 1. The first-order valence-corrected chi connectivity index (χ1v) is 10.4. The van der Waals surface area contributed by atoms with E-state index in [1.54, 1.807) is 16.5 Å². The van der Waals surface area contributed by atoms with Crippen LogP contribution in [0.1, 0.15) is 40.7 Å². The van der Waals surface area contributed by atoms with E-state index in [-0.39, 0.29) is 17.1 Å². The van der Waals surface area contributed by atoms with Crippen LogP contribution in [0, 0.1) is 0 Å². The van der Waals surface area contributed by atoms with E-state index in [4.69, 9.17) is 11.6 Å². The van der Waals surface area contributed by atoms with E-state index in [1.165, 1.54) is 5.56 Å². The fourth-order valence-electron chi connectivity index (χ4n) is 4.13. The van der Waals surface area contributed by atoms with Crippen LogP contribution in [0.15, 0.2) is 41.2 Å². The summed E-state index contributed by atoms with van der Waals surface area (Å²) in [5, 5.41) is 8.87. The molecule has 1 N–H and O–H groups in total. The summed E-state index contributed by atoms with van der Waals surface area (Å²) in [4.78, 5) is 30.3. The van der Waals surface area contributed by atoms with Gasteiger partial charge in [-0.15, -0.1) is 10.2 Å². The molecule has 0 fully saturated rings. The number of hydrogen-bond donors (Lipinski definition) is 1. The third-order valence-corrected chi connectivity index (χ3v) is 5.84. The molecule has 1 aliphatic rings. The highest BCUT2D eigenvalue weighted by molar-refractivity contribution is 6.30. The first kappa shape index (κ1) is 18.8. The van der Waals surface area contributed by atoms with Gasteiger partial charge in [-0.25, -0.2) is 0 Å². The van der Waals surface area contributed by atoms with Crippen molar-refractivity contribution in [2.24, 2.45) is 0 Å². The minimum Gasteiger partial charge on any atom is -0.334 e. The summed E-state index contributed by atoms with van der Waals surface area (Å²) in [7, 11) is 0. The monoisotopic (exact) mass is 421 g/mol. The molecule has 8 heteroatoms. The van der Waals surface area contributed by atoms with Gasteiger partial charge in [-0.1, -0.05) is 24.6 Å². The fraction of sp³-hybridized carbons (Fsp3) is 0.273. The van der Waals surface area contributed by atoms with E-state index in [0.717, 1.165) is 36.2 Å². The van der Waals surface area contributed by atoms with Crippen LogP contribution in [-0.2, 0) is 19.4 Å². The van der Waals surface area contributed by atoms with Crippen LogP contribution in [0.3, 0.4) is 0 Å². The zero-order chi connectivity index (χ0) is 20.8. The van der Waals surface area contributed by atoms with Crippen molar-refractivity contribution in [1.29, 1.82) is 0 Å². The third kappa shape index (κ3) is 3.06. The van der Waals surface area contributed by atoms with Gasteiger partial charge in [0.2, 0.25) is 5.65 Å². The highest BCUT2D eigenvalue weighted by Crippen LogP contribution is 2.24. The van der Waals surface area contributed by atoms with Gasteiger partial charge in [0, 0.05) is 30.1 Å². The lowest BCUT2D eigenvalue weighted by atomic mass is 9.99. The molecule has 4 aromatic rings. The molecule has 0 unspecified atom stereocenters. The van der Waals surface area contributed by atoms with Gasteiger partial charge in [0.1, 0.15) is 5.82 Å². The third-order valence-electron chi connectivity index (χ3n) is 5.61. The van der Waals surface area contributed by atoms with Crippen molar-refractivity contribution >= 4 is 34.2 Å². The first-order valence-electron chi connectivity index (χ1n) is 10.0. The number of rotatable bonds is 3. The Morgan fingerprint density at radius 2 is 2.03 bits per heavy atom. The molecule has 1 amide bonds. The molecule has 0 atom stereocenters. The zero-order valence-corrected chi connectivity index (χ0v) is 17.2. The minimum atomic E-state index is -0.316. The maximum absolute atomic E-state index is 13.2. The number of fused-ring (bicyclic) bond motifs is 4. The lowest BCUT2D eigenvalue weighted by Gasteiger charge is -2.29. The Morgan fingerprint density at radius 3 is 2.87 bits per heavy atom. The number of carbonyl (C=O) groups excluding carboxylic acids is 1. The second-order valence-corrected chi connectivity index (χ2v) is 8.04. The van der Waals surface area contributed by atoms with Crippen molar-refractivity contribution in [3.8, 4) is 0 Å². The molecule has 2 aromatic carbocycles. The van der Waals surface area contributed by atoms with E-state index >= 15 is 0 Å². The molecule has 30 heavy (non-hydrogen) atoms. The van der Waals surface area contributed by atoms with Crippen LogP contribution in [0.4, 0.5) is 0 Å². The van der Waals surface area contributed by atoms with Gasteiger partial charge >= 0.3 is 0 Å². The Labute approximate surface area is 177 Å². The average Bonchev–Trinajstić information content (AvgIpc) is 3.17. The number of hydrogen-bond acceptors (Lipinski definition) is 4. The van der Waals surface area contributed by atoms with Crippen molar-refractivity contribution in [3.63, 3.8) is 0 Å². The van der Waals surface area contributed by atoms with Gasteiger partial charge in [0.25, 0.3) is 11.5 Å². The van der Waals surface area contributed by atoms with Crippen molar-refractivity contribution in [2.75, 3.05) is 6.54 Å². The SMILES string of the molecule is CCCc1nnc2c(=O)[nH]c3cc(C(=O)N4CCc5ccc(Cl)cc5C4)ccc3n12. The van der Waals surface area contributed by atoms with Gasteiger partial charge in [0.05, 0.1) is 11.0 Å². The van der Waals surface area contributed by atoms with Gasteiger partial charge in [-0.3, -0.25) is 14.0 Å². The van der Waals surface area contributed by atoms with E-state index in [0.29, 0.717) is 29.2 Å². The predicted molar refractivity (Wildman–Crippen MR) is 115 cm³/mol. The number of H-pyrrole nitrogens is 1. The van der Waals surface area contributed by atoms with Crippen LogP contribution >= 0.6 is 11.6 Å². The topological polar surface area (TPSA) is 83.4 Å². The Kier molecular flexibility index (Phi) is 4.55. The molecular formula is C22H20ClN5O2. The Morgan fingerprint density at radius 1 is 1.17 bits per heavy atom. The van der Waals surface area contributed by atoms with Crippen LogP contribution < -0.4 is 5.56 Å². The lowest BCUT2D eigenvalue weighted by molar-refractivity contribution is 0.0735. The summed E-state index contributed by atoms with van der Waals surface area (Å²) in [6.45, 7) is 3.22. The zero-order valence-electron chi connectivity index (χ0n) is 16.5. The van der Waals surface area contributed by atoms with Crippen LogP contribution in [0.25, 0.3) is 16.7 Å². The number of aromatic amines is 1.